The first-order chi connectivity index (χ1) is 13.2. The van der Waals surface area contributed by atoms with Gasteiger partial charge < -0.3 is 14.8 Å². The number of benzene rings is 2. The number of nitrogens with one attached hydrogen (secondary N) is 1. The summed E-state index contributed by atoms with van der Waals surface area (Å²) in [6.45, 7) is 3.37. The molecule has 1 amide bonds. The Bertz CT molecular complexity index is 791. The number of rotatable bonds is 7. The first-order valence-corrected chi connectivity index (χ1v) is 9.50. The van der Waals surface area contributed by atoms with Crippen molar-refractivity contribution in [2.75, 3.05) is 32.6 Å². The van der Waals surface area contributed by atoms with Gasteiger partial charge in [0.2, 0.25) is 5.91 Å². The van der Waals surface area contributed by atoms with Crippen LogP contribution in [0.15, 0.2) is 42.5 Å². The fourth-order valence-electron chi connectivity index (χ4n) is 3.79. The van der Waals surface area contributed by atoms with E-state index in [1.807, 2.05) is 36.4 Å². The molecule has 2 aromatic carbocycles. The number of nitrogens with zero attached hydrogens (tertiary/aromatic N) is 1. The lowest BCUT2D eigenvalue weighted by Crippen LogP contribution is -2.33. The van der Waals surface area contributed by atoms with E-state index in [0.717, 1.165) is 54.1 Å². The minimum absolute atomic E-state index is 0.0234. The second-order valence-electron chi connectivity index (χ2n) is 6.80. The quantitative estimate of drug-likeness (QED) is 0.801. The highest BCUT2D eigenvalue weighted by Crippen LogP contribution is 2.38. The largest absolute Gasteiger partial charge is 0.497 e. The average molecular weight is 368 g/mol. The maximum atomic E-state index is 12.7. The van der Waals surface area contributed by atoms with Gasteiger partial charge in [-0.3, -0.25) is 9.69 Å². The molecular formula is C22H28N2O3. The Kier molecular flexibility index (Phi) is 6.35. The zero-order chi connectivity index (χ0) is 19.2. The summed E-state index contributed by atoms with van der Waals surface area (Å²) in [5, 5.41) is 3.08. The van der Waals surface area contributed by atoms with Crippen molar-refractivity contribution in [3.8, 4) is 11.5 Å². The summed E-state index contributed by atoms with van der Waals surface area (Å²) >= 11 is 0. The number of ether oxygens (including phenoxy) is 2. The molecule has 1 N–H and O–H groups in total. The molecule has 1 fully saturated rings. The highest BCUT2D eigenvalue weighted by Gasteiger charge is 2.30. The van der Waals surface area contributed by atoms with Crippen LogP contribution in [0.25, 0.3) is 0 Å². The fourth-order valence-corrected chi connectivity index (χ4v) is 3.79. The third-order valence-electron chi connectivity index (χ3n) is 5.18. The van der Waals surface area contributed by atoms with Crippen LogP contribution in [0.5, 0.6) is 11.5 Å². The van der Waals surface area contributed by atoms with Crippen LogP contribution in [0.2, 0.25) is 0 Å². The summed E-state index contributed by atoms with van der Waals surface area (Å²) in [5.41, 5.74) is 3.17. The van der Waals surface area contributed by atoms with Crippen LogP contribution in [0.3, 0.4) is 0 Å². The SMILES string of the molecule is CCc1ccccc1NC(=O)CN1CCCC1c1ccc(OC)cc1OC. The third-order valence-corrected chi connectivity index (χ3v) is 5.18. The molecule has 0 saturated carbocycles. The van der Waals surface area contributed by atoms with E-state index < -0.39 is 0 Å². The molecule has 0 radical (unpaired) electrons. The van der Waals surface area contributed by atoms with Crippen LogP contribution in [0, 0.1) is 0 Å². The van der Waals surface area contributed by atoms with E-state index in [2.05, 4.69) is 23.2 Å². The maximum absolute atomic E-state index is 12.7. The van der Waals surface area contributed by atoms with E-state index in [1.54, 1.807) is 14.2 Å². The highest BCUT2D eigenvalue weighted by atomic mass is 16.5. The minimum atomic E-state index is 0.0234. The van der Waals surface area contributed by atoms with Crippen molar-refractivity contribution >= 4 is 11.6 Å². The van der Waals surface area contributed by atoms with Gasteiger partial charge in [-0.15, -0.1) is 0 Å². The molecule has 1 heterocycles. The lowest BCUT2D eigenvalue weighted by atomic mass is 10.0. The van der Waals surface area contributed by atoms with Crippen LogP contribution in [0.4, 0.5) is 5.69 Å². The number of anilines is 1. The lowest BCUT2D eigenvalue weighted by molar-refractivity contribution is -0.117. The number of carbonyl (C=O) groups is 1. The van der Waals surface area contributed by atoms with E-state index >= 15 is 0 Å². The van der Waals surface area contributed by atoms with Crippen molar-refractivity contribution in [3.05, 3.63) is 53.6 Å². The molecule has 5 nitrogen and oxygen atoms in total. The van der Waals surface area contributed by atoms with E-state index in [9.17, 15) is 4.79 Å². The standard InChI is InChI=1S/C22H28N2O3/c1-4-16-8-5-6-9-19(16)23-22(25)15-24-13-7-10-20(24)18-12-11-17(26-2)14-21(18)27-3/h5-6,8-9,11-12,14,20H,4,7,10,13,15H2,1-3H3,(H,23,25). The maximum Gasteiger partial charge on any atom is 0.238 e. The summed E-state index contributed by atoms with van der Waals surface area (Å²) in [4.78, 5) is 14.9. The van der Waals surface area contributed by atoms with Crippen LogP contribution in [-0.2, 0) is 11.2 Å². The number of methoxy groups -OCH3 is 2. The molecule has 1 saturated heterocycles. The highest BCUT2D eigenvalue weighted by molar-refractivity contribution is 5.93. The van der Waals surface area contributed by atoms with Gasteiger partial charge in [-0.25, -0.2) is 0 Å². The number of para-hydroxylation sites is 1. The van der Waals surface area contributed by atoms with Gasteiger partial charge in [0.05, 0.1) is 20.8 Å². The minimum Gasteiger partial charge on any atom is -0.497 e. The predicted molar refractivity (Wildman–Crippen MR) is 108 cm³/mol. The van der Waals surface area contributed by atoms with Gasteiger partial charge in [-0.2, -0.15) is 0 Å². The van der Waals surface area contributed by atoms with Crippen LogP contribution < -0.4 is 14.8 Å². The van der Waals surface area contributed by atoms with Crippen molar-refractivity contribution in [3.63, 3.8) is 0 Å². The smallest absolute Gasteiger partial charge is 0.238 e. The first kappa shape index (κ1) is 19.2. The summed E-state index contributed by atoms with van der Waals surface area (Å²) in [6.07, 6.45) is 2.98. The molecule has 5 heteroatoms. The monoisotopic (exact) mass is 368 g/mol. The fraction of sp³-hybridized carbons (Fsp3) is 0.409. The number of hydrogen-bond acceptors (Lipinski definition) is 4. The molecule has 2 aromatic rings. The van der Waals surface area contributed by atoms with Crippen molar-refractivity contribution in [1.29, 1.82) is 0 Å². The molecule has 3 rings (SSSR count). The summed E-state index contributed by atoms with van der Waals surface area (Å²) < 4.78 is 10.9. The number of hydrogen-bond donors (Lipinski definition) is 1. The number of likely N-dealkylation sites (tertiary alicyclic amines) is 1. The van der Waals surface area contributed by atoms with Gasteiger partial charge in [0.15, 0.2) is 0 Å². The molecule has 0 spiro atoms. The Hall–Kier alpha value is -2.53. The van der Waals surface area contributed by atoms with Gasteiger partial charge >= 0.3 is 0 Å². The Morgan fingerprint density at radius 2 is 2.00 bits per heavy atom. The predicted octanol–water partition coefficient (Wildman–Crippen LogP) is 4.04. The Balaban J connectivity index is 1.72. The van der Waals surface area contributed by atoms with Gasteiger partial charge in [0.25, 0.3) is 0 Å². The average Bonchev–Trinajstić information content (AvgIpc) is 3.15. The summed E-state index contributed by atoms with van der Waals surface area (Å²) in [7, 11) is 3.32. The Morgan fingerprint density at radius 3 is 2.74 bits per heavy atom. The van der Waals surface area contributed by atoms with Gasteiger partial charge in [0, 0.05) is 23.4 Å². The third kappa shape index (κ3) is 4.42. The molecule has 144 valence electrons. The van der Waals surface area contributed by atoms with Crippen LogP contribution >= 0.6 is 0 Å². The molecule has 27 heavy (non-hydrogen) atoms. The molecule has 1 aliphatic rings. The zero-order valence-electron chi connectivity index (χ0n) is 16.3. The van der Waals surface area contributed by atoms with Gasteiger partial charge in [-0.1, -0.05) is 31.2 Å². The second-order valence-corrected chi connectivity index (χ2v) is 6.80. The normalized spacial score (nSPS) is 16.9. The van der Waals surface area contributed by atoms with Gasteiger partial charge in [0.1, 0.15) is 11.5 Å². The van der Waals surface area contributed by atoms with Crippen LogP contribution in [-0.4, -0.2) is 38.1 Å². The summed E-state index contributed by atoms with van der Waals surface area (Å²) in [5.74, 6) is 1.60. The second kappa shape index (κ2) is 8.91. The molecule has 1 atom stereocenters. The van der Waals surface area contributed by atoms with Crippen molar-refractivity contribution in [1.82, 2.24) is 4.90 Å². The zero-order valence-corrected chi connectivity index (χ0v) is 16.3. The molecule has 0 aromatic heterocycles. The first-order valence-electron chi connectivity index (χ1n) is 9.50. The summed E-state index contributed by atoms with van der Waals surface area (Å²) in [6, 6.07) is 14.1. The molecule has 1 unspecified atom stereocenters. The van der Waals surface area contributed by atoms with Crippen molar-refractivity contribution in [2.24, 2.45) is 0 Å². The lowest BCUT2D eigenvalue weighted by Gasteiger charge is -2.26. The molecular weight excluding hydrogens is 340 g/mol. The molecule has 0 bridgehead atoms. The topological polar surface area (TPSA) is 50.8 Å². The molecule has 0 aliphatic carbocycles. The van der Waals surface area contributed by atoms with E-state index in [1.165, 1.54) is 0 Å². The van der Waals surface area contributed by atoms with E-state index in [-0.39, 0.29) is 11.9 Å². The van der Waals surface area contributed by atoms with E-state index in [0.29, 0.717) is 6.54 Å². The molecule has 1 aliphatic heterocycles. The number of carbonyl (C=O) groups excluding carboxylic acids is 1. The van der Waals surface area contributed by atoms with Gasteiger partial charge in [-0.05, 0) is 43.5 Å². The van der Waals surface area contributed by atoms with Crippen molar-refractivity contribution in [2.45, 2.75) is 32.2 Å². The Labute approximate surface area is 161 Å². The number of amides is 1. The Morgan fingerprint density at radius 1 is 1.19 bits per heavy atom. The van der Waals surface area contributed by atoms with Crippen molar-refractivity contribution < 1.29 is 14.3 Å². The van der Waals surface area contributed by atoms with E-state index in [4.69, 9.17) is 9.47 Å². The van der Waals surface area contributed by atoms with Crippen LogP contribution in [0.1, 0.15) is 36.9 Å². The number of aryl methyl sites for hydroxylation is 1.